The molecule has 6 nitrogen and oxygen atoms in total. The number of pyridine rings is 1. The zero-order valence-corrected chi connectivity index (χ0v) is 18.0. The van der Waals surface area contributed by atoms with Crippen molar-refractivity contribution in [2.24, 2.45) is 5.92 Å². The Morgan fingerprint density at radius 2 is 1.94 bits per heavy atom. The average Bonchev–Trinajstić information content (AvgIpc) is 2.82. The van der Waals surface area contributed by atoms with E-state index in [0.717, 1.165) is 16.8 Å². The van der Waals surface area contributed by atoms with Gasteiger partial charge in [0.05, 0.1) is 11.3 Å². The minimum Gasteiger partial charge on any atom is -0.438 e. The lowest BCUT2D eigenvalue weighted by molar-refractivity contribution is 0.0919. The fraction of sp³-hybridized carbons (Fsp3) is 0.360. The molecule has 0 bridgehead atoms. The first-order valence-corrected chi connectivity index (χ1v) is 10.9. The highest BCUT2D eigenvalue weighted by Crippen LogP contribution is 2.32. The fourth-order valence-electron chi connectivity index (χ4n) is 4.11. The van der Waals surface area contributed by atoms with Crippen molar-refractivity contribution >= 4 is 5.91 Å². The van der Waals surface area contributed by atoms with Gasteiger partial charge in [-0.1, -0.05) is 25.3 Å². The van der Waals surface area contributed by atoms with Gasteiger partial charge >= 0.3 is 0 Å². The number of carbonyl (C=O) groups excluding carboxylic acids is 1. The van der Waals surface area contributed by atoms with E-state index in [2.05, 4.69) is 27.2 Å². The Kier molecular flexibility index (Phi) is 6.55. The topological polar surface area (TPSA) is 77.0 Å². The molecule has 0 aliphatic heterocycles. The predicted octanol–water partition coefficient (Wildman–Crippen LogP) is 5.34. The molecule has 3 aromatic rings. The van der Waals surface area contributed by atoms with Crippen molar-refractivity contribution in [2.45, 2.75) is 52.0 Å². The van der Waals surface area contributed by atoms with Gasteiger partial charge in [-0.25, -0.2) is 15.0 Å². The molecule has 0 saturated heterocycles. The van der Waals surface area contributed by atoms with Gasteiger partial charge in [0, 0.05) is 24.0 Å². The minimum atomic E-state index is -0.0695. The highest BCUT2D eigenvalue weighted by atomic mass is 16.5. The monoisotopic (exact) mass is 416 g/mol. The van der Waals surface area contributed by atoms with E-state index < -0.39 is 0 Å². The smallest absolute Gasteiger partial charge is 0.251 e. The SMILES string of the molecule is Cc1ccc(C(=O)N[C@@H](C)C2CCCCC2)cc1Oc1ncccc1-c1ccncn1. The van der Waals surface area contributed by atoms with E-state index in [1.54, 1.807) is 18.5 Å². The number of hydrogen-bond donors (Lipinski definition) is 1. The minimum absolute atomic E-state index is 0.0695. The van der Waals surface area contributed by atoms with E-state index in [-0.39, 0.29) is 11.9 Å². The number of nitrogens with zero attached hydrogens (tertiary/aromatic N) is 3. The predicted molar refractivity (Wildman–Crippen MR) is 120 cm³/mol. The zero-order valence-electron chi connectivity index (χ0n) is 18.0. The summed E-state index contributed by atoms with van der Waals surface area (Å²) >= 11 is 0. The maximum absolute atomic E-state index is 12.9. The molecule has 1 saturated carbocycles. The number of aryl methyl sites for hydroxylation is 1. The van der Waals surface area contributed by atoms with E-state index in [1.807, 2.05) is 37.3 Å². The van der Waals surface area contributed by atoms with Crippen LogP contribution >= 0.6 is 0 Å². The maximum Gasteiger partial charge on any atom is 0.251 e. The molecule has 1 amide bonds. The molecule has 0 spiro atoms. The highest BCUT2D eigenvalue weighted by Gasteiger charge is 2.22. The molecule has 1 fully saturated rings. The van der Waals surface area contributed by atoms with Crippen LogP contribution in [0, 0.1) is 12.8 Å². The molecule has 1 aliphatic rings. The lowest BCUT2D eigenvalue weighted by atomic mass is 9.84. The van der Waals surface area contributed by atoms with Crippen LogP contribution in [0.3, 0.4) is 0 Å². The molecule has 6 heteroatoms. The number of hydrogen-bond acceptors (Lipinski definition) is 5. The zero-order chi connectivity index (χ0) is 21.6. The number of ether oxygens (including phenoxy) is 1. The second-order valence-corrected chi connectivity index (χ2v) is 8.19. The van der Waals surface area contributed by atoms with Crippen molar-refractivity contribution < 1.29 is 9.53 Å². The number of rotatable bonds is 6. The summed E-state index contributed by atoms with van der Waals surface area (Å²) in [6.07, 6.45) is 11.1. The molecule has 0 radical (unpaired) electrons. The van der Waals surface area contributed by atoms with Crippen molar-refractivity contribution in [3.8, 4) is 22.9 Å². The average molecular weight is 417 g/mol. The molecule has 2 heterocycles. The number of carbonyl (C=O) groups is 1. The molecular weight excluding hydrogens is 388 g/mol. The number of nitrogens with one attached hydrogen (secondary N) is 1. The van der Waals surface area contributed by atoms with Gasteiger partial charge in [-0.05, 0) is 68.5 Å². The highest BCUT2D eigenvalue weighted by molar-refractivity contribution is 5.95. The van der Waals surface area contributed by atoms with Crippen molar-refractivity contribution in [3.05, 3.63) is 66.2 Å². The molecule has 1 aliphatic carbocycles. The Balaban J connectivity index is 1.53. The standard InChI is InChI=1S/C25H28N4O2/c1-17-10-11-20(24(30)29-18(2)19-7-4-3-5-8-19)15-23(17)31-25-21(9-6-13-27-25)22-12-14-26-16-28-22/h6,9-16,18-19H,3-5,7-8H2,1-2H3,(H,29,30)/t18-/m0/s1. The first-order chi connectivity index (χ1) is 15.1. The third-order valence-electron chi connectivity index (χ3n) is 6.00. The Morgan fingerprint density at radius 1 is 1.10 bits per heavy atom. The summed E-state index contributed by atoms with van der Waals surface area (Å²) in [5.41, 5.74) is 3.01. The Morgan fingerprint density at radius 3 is 2.71 bits per heavy atom. The van der Waals surface area contributed by atoms with Crippen LogP contribution in [0.5, 0.6) is 11.6 Å². The molecule has 4 rings (SSSR count). The van der Waals surface area contributed by atoms with Gasteiger partial charge in [-0.2, -0.15) is 0 Å². The Hall–Kier alpha value is -3.28. The van der Waals surface area contributed by atoms with Crippen LogP contribution in [0.2, 0.25) is 0 Å². The van der Waals surface area contributed by atoms with E-state index in [4.69, 9.17) is 4.74 Å². The summed E-state index contributed by atoms with van der Waals surface area (Å²) in [4.78, 5) is 25.6. The summed E-state index contributed by atoms with van der Waals surface area (Å²) < 4.78 is 6.16. The van der Waals surface area contributed by atoms with Crippen LogP contribution < -0.4 is 10.1 Å². The quantitative estimate of drug-likeness (QED) is 0.587. The molecular formula is C25H28N4O2. The number of aromatic nitrogens is 3. The van der Waals surface area contributed by atoms with Gasteiger partial charge in [0.25, 0.3) is 5.91 Å². The number of benzene rings is 1. The van der Waals surface area contributed by atoms with E-state index in [1.165, 1.54) is 38.4 Å². The lowest BCUT2D eigenvalue weighted by Gasteiger charge is -2.28. The lowest BCUT2D eigenvalue weighted by Crippen LogP contribution is -2.38. The van der Waals surface area contributed by atoms with E-state index in [9.17, 15) is 4.79 Å². The summed E-state index contributed by atoms with van der Waals surface area (Å²) in [6, 6.07) is 11.3. The van der Waals surface area contributed by atoms with Gasteiger partial charge < -0.3 is 10.1 Å². The fourth-order valence-corrected chi connectivity index (χ4v) is 4.11. The van der Waals surface area contributed by atoms with Crippen LogP contribution in [0.4, 0.5) is 0 Å². The Bertz CT molecular complexity index is 1030. The first kappa shape index (κ1) is 21.0. The molecule has 1 N–H and O–H groups in total. The van der Waals surface area contributed by atoms with Gasteiger partial charge in [0.1, 0.15) is 12.1 Å². The van der Waals surface area contributed by atoms with Crippen LogP contribution in [-0.2, 0) is 0 Å². The van der Waals surface area contributed by atoms with Crippen LogP contribution in [-0.4, -0.2) is 26.9 Å². The second kappa shape index (κ2) is 9.69. The van der Waals surface area contributed by atoms with Crippen molar-refractivity contribution in [1.82, 2.24) is 20.3 Å². The van der Waals surface area contributed by atoms with Crippen LogP contribution in [0.1, 0.15) is 54.9 Å². The summed E-state index contributed by atoms with van der Waals surface area (Å²) in [6.45, 7) is 4.07. The largest absolute Gasteiger partial charge is 0.438 e. The third kappa shape index (κ3) is 5.08. The van der Waals surface area contributed by atoms with Crippen molar-refractivity contribution in [2.75, 3.05) is 0 Å². The summed E-state index contributed by atoms with van der Waals surface area (Å²) in [5.74, 6) is 1.53. The number of amides is 1. The van der Waals surface area contributed by atoms with Crippen molar-refractivity contribution in [3.63, 3.8) is 0 Å². The second-order valence-electron chi connectivity index (χ2n) is 8.19. The van der Waals surface area contributed by atoms with Crippen molar-refractivity contribution in [1.29, 1.82) is 0 Å². The molecule has 1 aromatic carbocycles. The third-order valence-corrected chi connectivity index (χ3v) is 6.00. The van der Waals surface area contributed by atoms with Crippen LogP contribution in [0.15, 0.2) is 55.1 Å². The van der Waals surface area contributed by atoms with Gasteiger partial charge in [-0.3, -0.25) is 4.79 Å². The van der Waals surface area contributed by atoms with Crippen LogP contribution in [0.25, 0.3) is 11.3 Å². The van der Waals surface area contributed by atoms with E-state index in [0.29, 0.717) is 23.1 Å². The molecule has 160 valence electrons. The molecule has 2 aromatic heterocycles. The molecule has 31 heavy (non-hydrogen) atoms. The summed E-state index contributed by atoms with van der Waals surface area (Å²) in [7, 11) is 0. The first-order valence-electron chi connectivity index (χ1n) is 10.9. The summed E-state index contributed by atoms with van der Waals surface area (Å²) in [5, 5.41) is 3.19. The van der Waals surface area contributed by atoms with Gasteiger partial charge in [0.2, 0.25) is 5.88 Å². The van der Waals surface area contributed by atoms with E-state index >= 15 is 0 Å². The van der Waals surface area contributed by atoms with Gasteiger partial charge in [0.15, 0.2) is 0 Å². The molecule has 1 atom stereocenters. The Labute approximate surface area is 183 Å². The van der Waals surface area contributed by atoms with Gasteiger partial charge in [-0.15, -0.1) is 0 Å². The molecule has 0 unspecified atom stereocenters. The normalized spacial score (nSPS) is 15.3. The maximum atomic E-state index is 12.9.